The van der Waals surface area contributed by atoms with Crippen molar-refractivity contribution in [2.75, 3.05) is 12.4 Å². The number of benzene rings is 3. The quantitative estimate of drug-likeness (QED) is 0.0698. The number of aromatic nitrogens is 2. The van der Waals surface area contributed by atoms with Crippen molar-refractivity contribution in [3.63, 3.8) is 0 Å². The van der Waals surface area contributed by atoms with Gasteiger partial charge >= 0.3 is 0 Å². The number of carbonyl (C=O) groups excluding carboxylic acids is 1. The molecule has 230 valence electrons. The first-order valence-electron chi connectivity index (χ1n) is 14.7. The van der Waals surface area contributed by atoms with Gasteiger partial charge in [0.05, 0.1) is 29.6 Å². The second-order valence-electron chi connectivity index (χ2n) is 10.4. The van der Waals surface area contributed by atoms with E-state index >= 15 is 0 Å². The van der Waals surface area contributed by atoms with Crippen LogP contribution in [0.4, 0.5) is 0 Å². The number of carbonyl (C=O) groups is 1. The average Bonchev–Trinajstić information content (AvgIpc) is 3.43. The number of nitrogens with zero attached hydrogens (tertiary/aromatic N) is 3. The number of thiophene rings is 1. The zero-order chi connectivity index (χ0) is 31.2. The molecule has 0 fully saturated rings. The van der Waals surface area contributed by atoms with Crippen LogP contribution in [0.3, 0.4) is 0 Å². The summed E-state index contributed by atoms with van der Waals surface area (Å²) in [6.45, 7) is 2.81. The van der Waals surface area contributed by atoms with E-state index < -0.39 is 0 Å². The lowest BCUT2D eigenvalue weighted by molar-refractivity contribution is -0.118. The third kappa shape index (κ3) is 7.24. The molecule has 8 nitrogen and oxygen atoms in total. The van der Waals surface area contributed by atoms with Crippen molar-refractivity contribution >= 4 is 57.0 Å². The SMILES string of the molecule is CCOc1cc(/C=N/NC(=O)CSc2nc3sc4c(c3c(=O)n2-c2ccc(Cl)cc2)CCCC4)ccc1OCc1ccccc1. The Morgan fingerprint density at radius 1 is 1.07 bits per heavy atom. The molecule has 0 unspecified atom stereocenters. The fourth-order valence-electron chi connectivity index (χ4n) is 5.17. The summed E-state index contributed by atoms with van der Waals surface area (Å²) in [5, 5.41) is 5.85. The van der Waals surface area contributed by atoms with Gasteiger partial charge in [0.1, 0.15) is 11.4 Å². The molecule has 3 aromatic carbocycles. The summed E-state index contributed by atoms with van der Waals surface area (Å²) in [5.74, 6) is 0.911. The number of nitrogens with one attached hydrogen (secondary N) is 1. The van der Waals surface area contributed by atoms with E-state index in [1.165, 1.54) is 16.6 Å². The number of amides is 1. The van der Waals surface area contributed by atoms with Crippen LogP contribution in [0.1, 0.15) is 41.3 Å². The van der Waals surface area contributed by atoms with E-state index in [1.54, 1.807) is 46.4 Å². The molecular weight excluding hydrogens is 628 g/mol. The largest absolute Gasteiger partial charge is 0.490 e. The molecule has 45 heavy (non-hydrogen) atoms. The Balaban J connectivity index is 1.16. The first-order valence-corrected chi connectivity index (χ1v) is 16.9. The van der Waals surface area contributed by atoms with Gasteiger partial charge in [-0.1, -0.05) is 53.7 Å². The highest BCUT2D eigenvalue weighted by atomic mass is 35.5. The van der Waals surface area contributed by atoms with E-state index in [2.05, 4.69) is 10.5 Å². The first kappa shape index (κ1) is 30.9. The van der Waals surface area contributed by atoms with Crippen LogP contribution >= 0.6 is 34.7 Å². The zero-order valence-corrected chi connectivity index (χ0v) is 27.0. The van der Waals surface area contributed by atoms with Gasteiger partial charge < -0.3 is 9.47 Å². The summed E-state index contributed by atoms with van der Waals surface area (Å²) in [6.07, 6.45) is 5.59. The minimum Gasteiger partial charge on any atom is -0.490 e. The Morgan fingerprint density at radius 2 is 1.87 bits per heavy atom. The second-order valence-corrected chi connectivity index (χ2v) is 12.9. The van der Waals surface area contributed by atoms with Gasteiger partial charge in [-0.05, 0) is 91.8 Å². The van der Waals surface area contributed by atoms with Crippen molar-refractivity contribution in [1.82, 2.24) is 15.0 Å². The van der Waals surface area contributed by atoms with E-state index in [4.69, 9.17) is 26.1 Å². The van der Waals surface area contributed by atoms with Gasteiger partial charge in [-0.2, -0.15) is 5.10 Å². The molecule has 1 aliphatic carbocycles. The average molecular weight is 659 g/mol. The molecule has 0 atom stereocenters. The summed E-state index contributed by atoms with van der Waals surface area (Å²) in [4.78, 5) is 33.6. The van der Waals surface area contributed by atoms with E-state index in [0.717, 1.165) is 47.2 Å². The van der Waals surface area contributed by atoms with Crippen molar-refractivity contribution in [3.8, 4) is 17.2 Å². The Kier molecular flexibility index (Phi) is 9.83. The van der Waals surface area contributed by atoms with Crippen LogP contribution in [0, 0.1) is 0 Å². The van der Waals surface area contributed by atoms with E-state index in [9.17, 15) is 9.59 Å². The maximum absolute atomic E-state index is 13.9. The Labute approximate surface area is 274 Å². The number of fused-ring (bicyclic) bond motifs is 3. The van der Waals surface area contributed by atoms with Crippen LogP contribution in [0.2, 0.25) is 5.02 Å². The first-order chi connectivity index (χ1) is 22.0. The van der Waals surface area contributed by atoms with Crippen LogP contribution in [0.15, 0.2) is 87.8 Å². The van der Waals surface area contributed by atoms with Gasteiger partial charge in [-0.25, -0.2) is 10.4 Å². The molecule has 0 spiro atoms. The Bertz CT molecular complexity index is 1910. The number of thioether (sulfide) groups is 1. The van der Waals surface area contributed by atoms with Gasteiger partial charge in [0.25, 0.3) is 11.5 Å². The third-order valence-corrected chi connectivity index (χ3v) is 9.66. The summed E-state index contributed by atoms with van der Waals surface area (Å²) in [7, 11) is 0. The van der Waals surface area contributed by atoms with E-state index in [-0.39, 0.29) is 17.2 Å². The third-order valence-electron chi connectivity index (χ3n) is 7.28. The number of hydrogen-bond donors (Lipinski definition) is 1. The molecule has 0 aliphatic heterocycles. The van der Waals surface area contributed by atoms with E-state index in [1.807, 2.05) is 55.5 Å². The minimum absolute atomic E-state index is 0.0183. The number of aryl methyl sites for hydroxylation is 2. The predicted octanol–water partition coefficient (Wildman–Crippen LogP) is 7.20. The fourth-order valence-corrected chi connectivity index (χ4v) is 7.40. The summed E-state index contributed by atoms with van der Waals surface area (Å²) in [6, 6.07) is 22.5. The number of hydrazone groups is 1. The van der Waals surface area contributed by atoms with Crippen molar-refractivity contribution in [2.45, 2.75) is 44.4 Å². The van der Waals surface area contributed by atoms with Gasteiger partial charge in [-0.3, -0.25) is 14.2 Å². The molecule has 0 radical (unpaired) electrons. The van der Waals surface area contributed by atoms with Crippen LogP contribution < -0.4 is 20.5 Å². The highest BCUT2D eigenvalue weighted by molar-refractivity contribution is 7.99. The van der Waals surface area contributed by atoms with Crippen LogP contribution in [-0.4, -0.2) is 34.0 Å². The van der Waals surface area contributed by atoms with Gasteiger partial charge in [0.15, 0.2) is 16.7 Å². The van der Waals surface area contributed by atoms with Crippen molar-refractivity contribution in [1.29, 1.82) is 0 Å². The van der Waals surface area contributed by atoms with Gasteiger partial charge in [-0.15, -0.1) is 11.3 Å². The summed E-state index contributed by atoms with van der Waals surface area (Å²) >= 11 is 8.91. The lowest BCUT2D eigenvalue weighted by Gasteiger charge is -2.13. The lowest BCUT2D eigenvalue weighted by Crippen LogP contribution is -2.24. The molecule has 0 saturated carbocycles. The topological polar surface area (TPSA) is 94.8 Å². The van der Waals surface area contributed by atoms with Crippen molar-refractivity contribution in [2.24, 2.45) is 5.10 Å². The highest BCUT2D eigenvalue weighted by Crippen LogP contribution is 2.35. The molecule has 1 N–H and O–H groups in total. The molecular formula is C34H31ClN4O4S2. The molecule has 5 aromatic rings. The maximum atomic E-state index is 13.9. The summed E-state index contributed by atoms with van der Waals surface area (Å²) < 4.78 is 13.3. The fraction of sp³-hybridized carbons (Fsp3) is 0.235. The van der Waals surface area contributed by atoms with Crippen molar-refractivity contribution in [3.05, 3.63) is 110 Å². The van der Waals surface area contributed by atoms with Crippen LogP contribution in [0.25, 0.3) is 15.9 Å². The molecule has 0 saturated heterocycles. The van der Waals surface area contributed by atoms with E-state index in [0.29, 0.717) is 46.0 Å². The highest BCUT2D eigenvalue weighted by Gasteiger charge is 2.23. The molecule has 2 aromatic heterocycles. The molecule has 11 heteroatoms. The lowest BCUT2D eigenvalue weighted by atomic mass is 9.97. The molecule has 2 heterocycles. The predicted molar refractivity (Wildman–Crippen MR) is 182 cm³/mol. The number of hydrogen-bond acceptors (Lipinski definition) is 8. The molecule has 1 amide bonds. The molecule has 6 rings (SSSR count). The van der Waals surface area contributed by atoms with Gasteiger partial charge in [0.2, 0.25) is 0 Å². The van der Waals surface area contributed by atoms with Crippen LogP contribution in [-0.2, 0) is 24.2 Å². The van der Waals surface area contributed by atoms with Gasteiger partial charge in [0, 0.05) is 9.90 Å². The number of ether oxygens (including phenoxy) is 2. The van der Waals surface area contributed by atoms with Crippen LogP contribution in [0.5, 0.6) is 11.5 Å². The summed E-state index contributed by atoms with van der Waals surface area (Å²) in [5.41, 5.74) is 6.02. The second kappa shape index (κ2) is 14.3. The number of rotatable bonds is 11. The zero-order valence-electron chi connectivity index (χ0n) is 24.6. The number of halogens is 1. The standard InChI is InChI=1S/C34H31ClN4O4S2/c1-2-42-28-18-23(12-17-27(28)43-20-22-8-4-3-5-9-22)19-36-38-30(40)21-44-34-37-32-31(26-10-6-7-11-29(26)45-32)33(41)39(34)25-15-13-24(35)14-16-25/h3-5,8-9,12-19H,2,6-7,10-11,20-21H2,1H3,(H,38,40)/b36-19+. The molecule has 0 bridgehead atoms. The Hall–Kier alpha value is -4.12. The minimum atomic E-state index is -0.327. The normalized spacial score (nSPS) is 12.8. The van der Waals surface area contributed by atoms with Crippen molar-refractivity contribution < 1.29 is 14.3 Å². The maximum Gasteiger partial charge on any atom is 0.267 e. The smallest absolute Gasteiger partial charge is 0.267 e. The Morgan fingerprint density at radius 3 is 2.67 bits per heavy atom. The molecule has 1 aliphatic rings. The monoisotopic (exact) mass is 658 g/mol.